The number of ether oxygens (including phenoxy) is 2. The lowest BCUT2D eigenvalue weighted by molar-refractivity contribution is -0.282. The maximum absolute atomic E-state index is 12.1. The molecule has 0 N–H and O–H groups in total. The van der Waals surface area contributed by atoms with Crippen LogP contribution in [-0.4, -0.2) is 61.0 Å². The zero-order valence-electron chi connectivity index (χ0n) is 25.3. The number of hydrogen-bond donors (Lipinski definition) is 0. The number of benzene rings is 3. The Morgan fingerprint density at radius 2 is 1.20 bits per heavy atom. The van der Waals surface area contributed by atoms with Gasteiger partial charge in [-0.05, 0) is 62.7 Å². The van der Waals surface area contributed by atoms with Gasteiger partial charge in [-0.1, -0.05) is 72.8 Å². The molecule has 0 fully saturated rings. The molecule has 0 saturated heterocycles. The second-order valence-corrected chi connectivity index (χ2v) is 20.8. The largest absolute Gasteiger partial charge is 0.467 e. The standard InChI is InChI=1S/C20H25O5P.C11H18O2P2/c1-22-15-24-20-13-17(7-10-18(20)14-25-23-2)6-5-16-8-11-19(12-9-16)26(3,4)21;1-14(2,12)9-10-5-7-11(8-6-10)15(3,4)13/h5-13H,14-15H2,1-4H3;5-8H,9H2,1-4H3/b6-5+;. The van der Waals surface area contributed by atoms with E-state index in [-0.39, 0.29) is 13.4 Å². The summed E-state index contributed by atoms with van der Waals surface area (Å²) in [7, 11) is -3.35. The van der Waals surface area contributed by atoms with Crippen molar-refractivity contribution in [1.82, 2.24) is 0 Å². The summed E-state index contributed by atoms with van der Waals surface area (Å²) in [6.45, 7) is 11.1. The SMILES string of the molecule is COCOc1cc(/C=C/c2ccc(P(C)(C)=O)cc2)ccc1COOC.CP(C)(=O)Cc1ccc(P(C)(C)=O)cc1. The predicted octanol–water partition coefficient (Wildman–Crippen LogP) is 7.22. The second-order valence-electron chi connectivity index (χ2n) is 10.9. The van der Waals surface area contributed by atoms with Gasteiger partial charge in [0.1, 0.15) is 26.6 Å². The Bertz CT molecular complexity index is 1410. The highest BCUT2D eigenvalue weighted by Gasteiger charge is 2.13. The summed E-state index contributed by atoms with van der Waals surface area (Å²) < 4.78 is 46.0. The van der Waals surface area contributed by atoms with Gasteiger partial charge >= 0.3 is 0 Å². The van der Waals surface area contributed by atoms with Crippen molar-refractivity contribution >= 4 is 44.2 Å². The van der Waals surface area contributed by atoms with Crippen LogP contribution in [0, 0.1) is 0 Å². The maximum atomic E-state index is 12.1. The Morgan fingerprint density at radius 1 is 0.683 bits per heavy atom. The summed E-state index contributed by atoms with van der Waals surface area (Å²) in [4.78, 5) is 9.64. The van der Waals surface area contributed by atoms with Gasteiger partial charge in [0.15, 0.2) is 6.79 Å². The Morgan fingerprint density at radius 3 is 1.68 bits per heavy atom. The fraction of sp³-hybridized carbons (Fsp3) is 0.355. The van der Waals surface area contributed by atoms with Gasteiger partial charge in [-0.3, -0.25) is 0 Å². The van der Waals surface area contributed by atoms with E-state index in [2.05, 4.69) is 4.89 Å². The number of methoxy groups -OCH3 is 1. The van der Waals surface area contributed by atoms with E-state index in [4.69, 9.17) is 14.4 Å². The molecule has 10 heteroatoms. The molecular formula is C31H43O7P3. The first-order valence-corrected chi connectivity index (χ1v) is 21.0. The molecule has 0 spiro atoms. The van der Waals surface area contributed by atoms with Gasteiger partial charge in [-0.2, -0.15) is 0 Å². The van der Waals surface area contributed by atoms with E-state index < -0.39 is 21.4 Å². The van der Waals surface area contributed by atoms with E-state index in [1.165, 1.54) is 7.11 Å². The smallest absolute Gasteiger partial charge is 0.188 e. The average molecular weight is 621 g/mol. The molecule has 0 radical (unpaired) electrons. The summed E-state index contributed by atoms with van der Waals surface area (Å²) in [6, 6.07) is 21.2. The van der Waals surface area contributed by atoms with Crippen LogP contribution in [0.3, 0.4) is 0 Å². The molecule has 0 bridgehead atoms. The van der Waals surface area contributed by atoms with E-state index in [0.29, 0.717) is 11.9 Å². The minimum Gasteiger partial charge on any atom is -0.467 e. The minimum atomic E-state index is -2.22. The predicted molar refractivity (Wildman–Crippen MR) is 174 cm³/mol. The van der Waals surface area contributed by atoms with Crippen molar-refractivity contribution in [1.29, 1.82) is 0 Å². The van der Waals surface area contributed by atoms with Crippen molar-refractivity contribution in [3.63, 3.8) is 0 Å². The molecule has 3 aromatic carbocycles. The Hall–Kier alpha value is -2.23. The summed E-state index contributed by atoms with van der Waals surface area (Å²) in [5, 5.41) is 1.76. The topological polar surface area (TPSA) is 88.1 Å². The summed E-state index contributed by atoms with van der Waals surface area (Å²) >= 11 is 0. The van der Waals surface area contributed by atoms with E-state index in [9.17, 15) is 13.7 Å². The van der Waals surface area contributed by atoms with Gasteiger partial charge < -0.3 is 23.2 Å². The normalized spacial score (nSPS) is 12.2. The third-order valence-corrected chi connectivity index (χ3v) is 10.1. The van der Waals surface area contributed by atoms with Gasteiger partial charge in [0, 0.05) is 29.4 Å². The maximum Gasteiger partial charge on any atom is 0.188 e. The first-order valence-electron chi connectivity index (χ1n) is 13.0. The van der Waals surface area contributed by atoms with Crippen molar-refractivity contribution in [3.05, 3.63) is 89.0 Å². The van der Waals surface area contributed by atoms with Gasteiger partial charge in [0.2, 0.25) is 0 Å². The van der Waals surface area contributed by atoms with Gasteiger partial charge in [-0.15, -0.1) is 0 Å². The molecule has 0 aliphatic heterocycles. The Labute approximate surface area is 245 Å². The Kier molecular flexibility index (Phi) is 13.5. The van der Waals surface area contributed by atoms with Gasteiger partial charge in [-0.25, -0.2) is 9.78 Å². The lowest BCUT2D eigenvalue weighted by Gasteiger charge is -2.11. The molecule has 0 aromatic heterocycles. The molecule has 7 nitrogen and oxygen atoms in total. The van der Waals surface area contributed by atoms with Crippen molar-refractivity contribution < 1.29 is 32.9 Å². The summed E-state index contributed by atoms with van der Waals surface area (Å²) in [5.41, 5.74) is 3.94. The van der Waals surface area contributed by atoms with Crippen molar-refractivity contribution in [2.75, 3.05) is 61.0 Å². The fourth-order valence-electron chi connectivity index (χ4n) is 3.71. The van der Waals surface area contributed by atoms with E-state index >= 15 is 0 Å². The molecule has 3 rings (SSSR count). The zero-order valence-corrected chi connectivity index (χ0v) is 28.0. The highest BCUT2D eigenvalue weighted by atomic mass is 31.2. The molecule has 0 heterocycles. The molecule has 0 amide bonds. The van der Waals surface area contributed by atoms with Gasteiger partial charge in [0.25, 0.3) is 0 Å². The molecule has 0 unspecified atom stereocenters. The molecule has 224 valence electrons. The third-order valence-electron chi connectivity index (χ3n) is 5.86. The van der Waals surface area contributed by atoms with Crippen LogP contribution in [0.5, 0.6) is 5.75 Å². The lowest BCUT2D eigenvalue weighted by Crippen LogP contribution is -2.03. The third kappa shape index (κ3) is 13.1. The lowest BCUT2D eigenvalue weighted by atomic mass is 10.1. The second kappa shape index (κ2) is 15.8. The zero-order chi connectivity index (χ0) is 30.7. The molecule has 0 saturated carbocycles. The Balaban J connectivity index is 0.000000333. The molecule has 3 aromatic rings. The molecule has 0 atom stereocenters. The van der Waals surface area contributed by atoms with E-state index in [1.54, 1.807) is 47.1 Å². The van der Waals surface area contributed by atoms with Crippen molar-refractivity contribution in [3.8, 4) is 5.75 Å². The molecule has 41 heavy (non-hydrogen) atoms. The van der Waals surface area contributed by atoms with Crippen LogP contribution in [0.15, 0.2) is 66.7 Å². The van der Waals surface area contributed by atoms with Crippen LogP contribution in [0.1, 0.15) is 22.3 Å². The van der Waals surface area contributed by atoms with E-state index in [0.717, 1.165) is 32.9 Å². The number of hydrogen-bond acceptors (Lipinski definition) is 7. The van der Waals surface area contributed by atoms with Crippen LogP contribution < -0.4 is 15.3 Å². The molecule has 0 aliphatic carbocycles. The molecular weight excluding hydrogens is 577 g/mol. The summed E-state index contributed by atoms with van der Waals surface area (Å²) in [6.07, 6.45) is 4.61. The highest BCUT2D eigenvalue weighted by molar-refractivity contribution is 7.70. The quantitative estimate of drug-likeness (QED) is 0.0695. The van der Waals surface area contributed by atoms with Crippen molar-refractivity contribution in [2.24, 2.45) is 0 Å². The van der Waals surface area contributed by atoms with Crippen LogP contribution in [0.2, 0.25) is 0 Å². The van der Waals surface area contributed by atoms with Gasteiger partial charge in [0.05, 0.1) is 14.3 Å². The summed E-state index contributed by atoms with van der Waals surface area (Å²) in [5.74, 6) is 0.680. The number of rotatable bonds is 12. The highest BCUT2D eigenvalue weighted by Crippen LogP contribution is 2.41. The molecule has 0 aliphatic rings. The first-order chi connectivity index (χ1) is 19.1. The van der Waals surface area contributed by atoms with Crippen LogP contribution in [0.4, 0.5) is 0 Å². The first kappa shape index (κ1) is 35.0. The van der Waals surface area contributed by atoms with E-state index in [1.807, 2.05) is 78.9 Å². The van der Waals surface area contributed by atoms with Crippen LogP contribution >= 0.6 is 21.4 Å². The monoisotopic (exact) mass is 620 g/mol. The fourth-order valence-corrected chi connectivity index (χ4v) is 6.53. The van der Waals surface area contributed by atoms with Crippen LogP contribution in [0.25, 0.3) is 12.2 Å². The van der Waals surface area contributed by atoms with Crippen LogP contribution in [-0.2, 0) is 41.0 Å². The van der Waals surface area contributed by atoms with Crippen molar-refractivity contribution in [2.45, 2.75) is 12.8 Å². The average Bonchev–Trinajstić information content (AvgIpc) is 2.89. The minimum absolute atomic E-state index is 0.155.